The van der Waals surface area contributed by atoms with Gasteiger partial charge in [0.25, 0.3) is 0 Å². The van der Waals surface area contributed by atoms with Gasteiger partial charge < -0.3 is 10.5 Å². The van der Waals surface area contributed by atoms with Crippen molar-refractivity contribution in [2.24, 2.45) is 5.73 Å². The van der Waals surface area contributed by atoms with Gasteiger partial charge in [0.2, 0.25) is 0 Å². The van der Waals surface area contributed by atoms with Crippen LogP contribution < -0.4 is 10.5 Å². The van der Waals surface area contributed by atoms with Gasteiger partial charge in [-0.3, -0.25) is 10.3 Å². The molecule has 0 aromatic heterocycles. The van der Waals surface area contributed by atoms with Gasteiger partial charge in [0.05, 0.1) is 7.11 Å². The zero-order valence-corrected chi connectivity index (χ0v) is 12.5. The van der Waals surface area contributed by atoms with Gasteiger partial charge in [-0.1, -0.05) is 13.3 Å². The molecule has 1 aliphatic carbocycles. The first-order valence-electron chi connectivity index (χ1n) is 7.41. The van der Waals surface area contributed by atoms with E-state index in [0.29, 0.717) is 0 Å². The van der Waals surface area contributed by atoms with Crippen LogP contribution in [0, 0.1) is 5.41 Å². The smallest absolute Gasteiger partial charge is 0.123 e. The molecule has 110 valence electrons. The predicted octanol–water partition coefficient (Wildman–Crippen LogP) is 2.74. The van der Waals surface area contributed by atoms with Gasteiger partial charge in [-0.05, 0) is 44.0 Å². The van der Waals surface area contributed by atoms with Crippen LogP contribution in [0.5, 0.6) is 5.75 Å². The highest BCUT2D eigenvalue weighted by molar-refractivity contribution is 5.95. The van der Waals surface area contributed by atoms with E-state index >= 15 is 0 Å². The third-order valence-corrected chi connectivity index (χ3v) is 3.83. The molecule has 2 rings (SSSR count). The number of ether oxygens (including phenoxy) is 1. The molecule has 0 heterocycles. The van der Waals surface area contributed by atoms with Crippen LogP contribution in [0.2, 0.25) is 0 Å². The molecule has 0 radical (unpaired) electrons. The molecule has 0 bridgehead atoms. The molecular formula is C16H25N3O. The van der Waals surface area contributed by atoms with Crippen LogP contribution in [0.25, 0.3) is 0 Å². The number of nitrogens with two attached hydrogens (primary N) is 1. The van der Waals surface area contributed by atoms with Crippen molar-refractivity contribution in [1.29, 1.82) is 5.41 Å². The molecule has 1 aromatic carbocycles. The Bertz CT molecular complexity index is 469. The first-order valence-corrected chi connectivity index (χ1v) is 7.41. The summed E-state index contributed by atoms with van der Waals surface area (Å²) in [6.07, 6.45) is 5.05. The summed E-state index contributed by atoms with van der Waals surface area (Å²) in [5.74, 6) is 0.998. The van der Waals surface area contributed by atoms with E-state index in [9.17, 15) is 0 Å². The van der Waals surface area contributed by atoms with E-state index in [1.807, 2.05) is 18.2 Å². The van der Waals surface area contributed by atoms with Crippen molar-refractivity contribution in [3.05, 3.63) is 29.3 Å². The van der Waals surface area contributed by atoms with E-state index in [1.165, 1.54) is 25.7 Å². The van der Waals surface area contributed by atoms with Gasteiger partial charge in [-0.2, -0.15) is 0 Å². The summed E-state index contributed by atoms with van der Waals surface area (Å²) in [6, 6.07) is 6.48. The van der Waals surface area contributed by atoms with Crippen LogP contribution in [0.1, 0.15) is 43.7 Å². The minimum absolute atomic E-state index is 0.112. The number of amidine groups is 1. The maximum absolute atomic E-state index is 7.57. The molecule has 0 unspecified atom stereocenters. The third-order valence-electron chi connectivity index (χ3n) is 3.83. The summed E-state index contributed by atoms with van der Waals surface area (Å²) < 4.78 is 5.45. The van der Waals surface area contributed by atoms with Crippen molar-refractivity contribution >= 4 is 5.84 Å². The number of methoxy groups -OCH3 is 1. The highest BCUT2D eigenvalue weighted by Gasteiger charge is 2.29. The molecule has 1 saturated carbocycles. The normalized spacial score (nSPS) is 14.6. The van der Waals surface area contributed by atoms with Crippen LogP contribution in [-0.2, 0) is 6.54 Å². The molecule has 0 atom stereocenters. The molecule has 1 aliphatic rings. The Morgan fingerprint density at radius 2 is 2.20 bits per heavy atom. The van der Waals surface area contributed by atoms with E-state index in [-0.39, 0.29) is 5.84 Å². The fourth-order valence-electron chi connectivity index (χ4n) is 2.48. The Morgan fingerprint density at radius 1 is 1.45 bits per heavy atom. The molecule has 0 aliphatic heterocycles. The molecule has 0 saturated heterocycles. The highest BCUT2D eigenvalue weighted by Crippen LogP contribution is 2.31. The van der Waals surface area contributed by atoms with Crippen LogP contribution in [0.3, 0.4) is 0 Å². The van der Waals surface area contributed by atoms with Gasteiger partial charge >= 0.3 is 0 Å². The Kier molecular flexibility index (Phi) is 5.01. The Balaban J connectivity index is 2.16. The quantitative estimate of drug-likeness (QED) is 0.566. The second-order valence-electron chi connectivity index (χ2n) is 5.50. The lowest BCUT2D eigenvalue weighted by Crippen LogP contribution is -2.27. The van der Waals surface area contributed by atoms with Gasteiger partial charge in [0, 0.05) is 23.7 Å². The van der Waals surface area contributed by atoms with Crippen molar-refractivity contribution in [3.8, 4) is 5.75 Å². The standard InChI is InChI=1S/C16H25N3O/c1-3-4-9-19(14-6-7-14)11-13-10-12(16(17)18)5-8-15(13)20-2/h5,8,10,14H,3-4,6-7,9,11H2,1-2H3,(H3,17,18). The van der Waals surface area contributed by atoms with Crippen molar-refractivity contribution in [2.75, 3.05) is 13.7 Å². The minimum Gasteiger partial charge on any atom is -0.496 e. The SMILES string of the molecule is CCCCN(Cc1cc(C(=N)N)ccc1OC)C1CC1. The average molecular weight is 275 g/mol. The summed E-state index contributed by atoms with van der Waals surface area (Å²) in [5.41, 5.74) is 7.48. The Hall–Kier alpha value is -1.55. The van der Waals surface area contributed by atoms with E-state index in [1.54, 1.807) is 7.11 Å². The van der Waals surface area contributed by atoms with Crippen LogP contribution in [-0.4, -0.2) is 30.4 Å². The van der Waals surface area contributed by atoms with Crippen molar-refractivity contribution in [3.63, 3.8) is 0 Å². The Morgan fingerprint density at radius 3 is 2.75 bits per heavy atom. The van der Waals surface area contributed by atoms with E-state index in [4.69, 9.17) is 15.9 Å². The lowest BCUT2D eigenvalue weighted by atomic mass is 10.1. The van der Waals surface area contributed by atoms with Crippen molar-refractivity contribution in [1.82, 2.24) is 4.90 Å². The monoisotopic (exact) mass is 275 g/mol. The maximum Gasteiger partial charge on any atom is 0.123 e. The topological polar surface area (TPSA) is 62.3 Å². The van der Waals surface area contributed by atoms with Crippen LogP contribution in [0.4, 0.5) is 0 Å². The van der Waals surface area contributed by atoms with Crippen molar-refractivity contribution in [2.45, 2.75) is 45.2 Å². The van der Waals surface area contributed by atoms with Crippen molar-refractivity contribution < 1.29 is 4.74 Å². The number of nitrogens with zero attached hydrogens (tertiary/aromatic N) is 1. The lowest BCUT2D eigenvalue weighted by molar-refractivity contribution is 0.246. The predicted molar refractivity (Wildman–Crippen MR) is 82.4 cm³/mol. The lowest BCUT2D eigenvalue weighted by Gasteiger charge is -2.23. The van der Waals surface area contributed by atoms with Gasteiger partial charge in [0.15, 0.2) is 0 Å². The summed E-state index contributed by atoms with van der Waals surface area (Å²) in [4.78, 5) is 2.53. The van der Waals surface area contributed by atoms with Gasteiger partial charge in [-0.15, -0.1) is 0 Å². The molecule has 4 nitrogen and oxygen atoms in total. The largest absolute Gasteiger partial charge is 0.496 e. The van der Waals surface area contributed by atoms with E-state index in [0.717, 1.165) is 36.0 Å². The zero-order chi connectivity index (χ0) is 14.5. The molecule has 20 heavy (non-hydrogen) atoms. The zero-order valence-electron chi connectivity index (χ0n) is 12.5. The first kappa shape index (κ1) is 14.9. The number of hydrogen-bond acceptors (Lipinski definition) is 3. The number of hydrogen-bond donors (Lipinski definition) is 2. The molecule has 1 aromatic rings. The van der Waals surface area contributed by atoms with Gasteiger partial charge in [0.1, 0.15) is 11.6 Å². The first-order chi connectivity index (χ1) is 9.65. The summed E-state index contributed by atoms with van der Waals surface area (Å²) >= 11 is 0. The molecule has 0 spiro atoms. The van der Waals surface area contributed by atoms with Gasteiger partial charge in [-0.25, -0.2) is 0 Å². The molecular weight excluding hydrogens is 250 g/mol. The van der Waals surface area contributed by atoms with E-state index in [2.05, 4.69) is 11.8 Å². The summed E-state index contributed by atoms with van der Waals surface area (Å²) in [6.45, 7) is 4.24. The molecule has 1 fully saturated rings. The second kappa shape index (κ2) is 6.75. The fraction of sp³-hybridized carbons (Fsp3) is 0.562. The summed E-state index contributed by atoms with van der Waals surface area (Å²) in [7, 11) is 1.69. The average Bonchev–Trinajstić information content (AvgIpc) is 3.27. The number of nitrogens with one attached hydrogen (secondary N) is 1. The highest BCUT2D eigenvalue weighted by atomic mass is 16.5. The van der Waals surface area contributed by atoms with E-state index < -0.39 is 0 Å². The number of nitrogen functional groups attached to an aromatic ring is 1. The number of benzene rings is 1. The summed E-state index contributed by atoms with van der Waals surface area (Å²) in [5, 5.41) is 7.57. The molecule has 3 N–H and O–H groups in total. The molecule has 4 heteroatoms. The minimum atomic E-state index is 0.112. The second-order valence-corrected chi connectivity index (χ2v) is 5.50. The third kappa shape index (κ3) is 3.73. The maximum atomic E-state index is 7.57. The Labute approximate surface area is 121 Å². The number of rotatable bonds is 8. The fourth-order valence-corrected chi connectivity index (χ4v) is 2.48. The van der Waals surface area contributed by atoms with Crippen LogP contribution >= 0.6 is 0 Å². The molecule has 0 amide bonds. The number of unbranched alkanes of at least 4 members (excludes halogenated alkanes) is 1. The van der Waals surface area contributed by atoms with Crippen LogP contribution in [0.15, 0.2) is 18.2 Å².